The lowest BCUT2D eigenvalue weighted by atomic mass is 9.66. The van der Waals surface area contributed by atoms with Crippen LogP contribution in [-0.2, 0) is 5.41 Å². The molecule has 270 valence electrons. The molecule has 0 bridgehead atoms. The highest BCUT2D eigenvalue weighted by Crippen LogP contribution is 2.61. The van der Waals surface area contributed by atoms with Crippen molar-refractivity contribution in [1.82, 2.24) is 9.55 Å². The van der Waals surface area contributed by atoms with E-state index in [2.05, 4.69) is 191 Å². The molecule has 57 heavy (non-hydrogen) atoms. The molecule has 0 saturated heterocycles. The molecular formula is C53H38N4. The maximum atomic E-state index is 5.20. The Hall–Kier alpha value is -7.04. The van der Waals surface area contributed by atoms with Crippen LogP contribution < -0.4 is 4.90 Å². The monoisotopic (exact) mass is 730 g/mol. The number of hydrogen-bond acceptors (Lipinski definition) is 3. The number of nitrogens with zero attached hydrogens (tertiary/aromatic N) is 4. The lowest BCUT2D eigenvalue weighted by Crippen LogP contribution is -2.42. The van der Waals surface area contributed by atoms with Gasteiger partial charge in [-0.2, -0.15) is 0 Å². The van der Waals surface area contributed by atoms with Gasteiger partial charge in [0.2, 0.25) is 0 Å². The summed E-state index contributed by atoms with van der Waals surface area (Å²) in [6.07, 6.45) is 14.2. The van der Waals surface area contributed by atoms with Crippen LogP contribution >= 0.6 is 0 Å². The molecule has 4 aliphatic rings. The third-order valence-electron chi connectivity index (χ3n) is 12.9. The number of anilines is 2. The molecule has 6 aromatic carbocycles. The molecule has 0 amide bonds. The van der Waals surface area contributed by atoms with E-state index in [0.29, 0.717) is 0 Å². The maximum absolute atomic E-state index is 5.20. The highest BCUT2D eigenvalue weighted by atomic mass is 15.2. The number of fused-ring (bicyclic) bond motifs is 9. The van der Waals surface area contributed by atoms with E-state index in [0.717, 1.165) is 17.8 Å². The summed E-state index contributed by atoms with van der Waals surface area (Å²) in [5.74, 6) is 0.204. The SMILES string of the molecule is C1=CCC(C2(c3ccccn3)C3=CC4C(C=C3c3ccccc32)c2ccccc2N4c2ccc(-c3ccc(-n4c5ccccc5c5ccccc54)cc3)cc2)N=C1. The molecule has 4 heteroatoms. The van der Waals surface area contributed by atoms with E-state index in [1.165, 1.54) is 72.1 Å². The molecule has 0 radical (unpaired) electrons. The molecule has 4 heterocycles. The number of allylic oxidation sites excluding steroid dienone is 2. The third kappa shape index (κ3) is 4.61. The first-order chi connectivity index (χ1) is 28.3. The molecule has 4 unspecified atom stereocenters. The minimum atomic E-state index is -0.508. The lowest BCUT2D eigenvalue weighted by molar-refractivity contribution is 0.473. The van der Waals surface area contributed by atoms with Gasteiger partial charge in [-0.1, -0.05) is 127 Å². The van der Waals surface area contributed by atoms with Crippen LogP contribution in [0.4, 0.5) is 11.4 Å². The fourth-order valence-electron chi connectivity index (χ4n) is 10.5. The van der Waals surface area contributed by atoms with Gasteiger partial charge in [0.25, 0.3) is 0 Å². The molecule has 2 aliphatic heterocycles. The van der Waals surface area contributed by atoms with Gasteiger partial charge in [-0.25, -0.2) is 0 Å². The first-order valence-corrected chi connectivity index (χ1v) is 20.0. The number of rotatable bonds is 5. The molecule has 4 nitrogen and oxygen atoms in total. The van der Waals surface area contributed by atoms with Crippen molar-refractivity contribution in [2.75, 3.05) is 4.90 Å². The molecule has 12 rings (SSSR count). The van der Waals surface area contributed by atoms with Gasteiger partial charge in [0, 0.05) is 46.2 Å². The van der Waals surface area contributed by atoms with Gasteiger partial charge in [0.15, 0.2) is 0 Å². The topological polar surface area (TPSA) is 33.4 Å². The predicted molar refractivity (Wildman–Crippen MR) is 235 cm³/mol. The quantitative estimate of drug-likeness (QED) is 0.177. The second kappa shape index (κ2) is 12.5. The van der Waals surface area contributed by atoms with Gasteiger partial charge in [-0.3, -0.25) is 9.98 Å². The van der Waals surface area contributed by atoms with Crippen LogP contribution in [0, 0.1) is 0 Å². The van der Waals surface area contributed by atoms with Crippen LogP contribution in [0.15, 0.2) is 205 Å². The molecule has 8 aromatic rings. The van der Waals surface area contributed by atoms with Crippen LogP contribution in [0.25, 0.3) is 44.2 Å². The Labute approximate surface area is 332 Å². The summed E-state index contributed by atoms with van der Waals surface area (Å²) in [4.78, 5) is 12.9. The fourth-order valence-corrected chi connectivity index (χ4v) is 10.5. The predicted octanol–water partition coefficient (Wildman–Crippen LogP) is 12.2. The Bertz CT molecular complexity index is 2950. The van der Waals surface area contributed by atoms with E-state index < -0.39 is 5.41 Å². The van der Waals surface area contributed by atoms with Crippen molar-refractivity contribution < 1.29 is 0 Å². The number of dihydropyridines is 1. The van der Waals surface area contributed by atoms with E-state index in [1.54, 1.807) is 0 Å². The summed E-state index contributed by atoms with van der Waals surface area (Å²) in [5, 5.41) is 2.55. The molecule has 0 fully saturated rings. The van der Waals surface area contributed by atoms with E-state index in [1.807, 2.05) is 18.5 Å². The summed E-state index contributed by atoms with van der Waals surface area (Å²) >= 11 is 0. The molecule has 0 saturated carbocycles. The second-order valence-electron chi connectivity index (χ2n) is 15.6. The van der Waals surface area contributed by atoms with Crippen molar-refractivity contribution >= 4 is 45.0 Å². The highest BCUT2D eigenvalue weighted by Gasteiger charge is 2.55. The Morgan fingerprint density at radius 3 is 1.98 bits per heavy atom. The van der Waals surface area contributed by atoms with Gasteiger partial charge in [-0.05, 0) is 106 Å². The average molecular weight is 731 g/mol. The average Bonchev–Trinajstić information content (AvgIpc) is 3.90. The van der Waals surface area contributed by atoms with Gasteiger partial charge in [0.05, 0.1) is 34.2 Å². The molecule has 2 aromatic heterocycles. The number of hydrogen-bond donors (Lipinski definition) is 0. The summed E-state index contributed by atoms with van der Waals surface area (Å²) < 4.78 is 2.38. The molecule has 2 aliphatic carbocycles. The van der Waals surface area contributed by atoms with Crippen molar-refractivity contribution in [3.05, 3.63) is 222 Å². The summed E-state index contributed by atoms with van der Waals surface area (Å²) in [7, 11) is 0. The van der Waals surface area contributed by atoms with Crippen molar-refractivity contribution in [3.8, 4) is 16.8 Å². The minimum Gasteiger partial charge on any atom is -0.333 e. The number of benzene rings is 6. The molecular weight excluding hydrogens is 693 g/mol. The van der Waals surface area contributed by atoms with Gasteiger partial charge < -0.3 is 9.47 Å². The van der Waals surface area contributed by atoms with E-state index in [9.17, 15) is 0 Å². The zero-order valence-electron chi connectivity index (χ0n) is 31.3. The summed E-state index contributed by atoms with van der Waals surface area (Å²) in [6, 6.07) is 59.9. The number of para-hydroxylation sites is 3. The van der Waals surface area contributed by atoms with Crippen LogP contribution in [0.2, 0.25) is 0 Å². The Morgan fingerprint density at radius 1 is 0.596 bits per heavy atom. The molecule has 0 spiro atoms. The van der Waals surface area contributed by atoms with E-state index in [-0.39, 0.29) is 18.0 Å². The molecule has 0 N–H and O–H groups in total. The van der Waals surface area contributed by atoms with Crippen molar-refractivity contribution in [2.45, 2.75) is 29.8 Å². The second-order valence-corrected chi connectivity index (χ2v) is 15.6. The Kier molecular flexibility index (Phi) is 7.06. The number of aliphatic imine (C=N–C) groups is 1. The van der Waals surface area contributed by atoms with Crippen LogP contribution in [-0.4, -0.2) is 27.8 Å². The zero-order valence-corrected chi connectivity index (χ0v) is 31.3. The first kappa shape index (κ1) is 32.2. The van der Waals surface area contributed by atoms with Crippen LogP contribution in [0.3, 0.4) is 0 Å². The van der Waals surface area contributed by atoms with Crippen LogP contribution in [0.1, 0.15) is 34.7 Å². The molecule has 4 atom stereocenters. The van der Waals surface area contributed by atoms with Crippen molar-refractivity contribution in [2.24, 2.45) is 4.99 Å². The van der Waals surface area contributed by atoms with Crippen molar-refractivity contribution in [1.29, 1.82) is 0 Å². The van der Waals surface area contributed by atoms with Gasteiger partial charge in [0.1, 0.15) is 0 Å². The van der Waals surface area contributed by atoms with Crippen molar-refractivity contribution in [3.63, 3.8) is 0 Å². The Balaban J connectivity index is 0.948. The van der Waals surface area contributed by atoms with E-state index in [4.69, 9.17) is 9.98 Å². The first-order valence-electron chi connectivity index (χ1n) is 20.0. The smallest absolute Gasteiger partial charge is 0.0859 e. The van der Waals surface area contributed by atoms with Crippen LogP contribution in [0.5, 0.6) is 0 Å². The zero-order chi connectivity index (χ0) is 37.5. The number of aromatic nitrogens is 2. The minimum absolute atomic E-state index is 0.00916. The van der Waals surface area contributed by atoms with Gasteiger partial charge >= 0.3 is 0 Å². The van der Waals surface area contributed by atoms with Gasteiger partial charge in [-0.15, -0.1) is 0 Å². The maximum Gasteiger partial charge on any atom is 0.0859 e. The standard InChI is InChI=1S/C53H38N4/c1-5-17-45-39(13-1)43-33-44-42-16-4-8-20-49(42)57(50(44)34-46(43)53(45,51-21-9-11-31-54-51)52-22-10-12-32-55-52)38-29-25-36(26-30-38)35-23-27-37(28-24-35)56-47-18-6-2-14-40(47)41-15-3-7-19-48(41)56/h1-21,23-34,44,50,52H,22H2. The normalized spacial score (nSPS) is 21.5. The third-order valence-corrected chi connectivity index (χ3v) is 12.9. The Morgan fingerprint density at radius 2 is 1.26 bits per heavy atom. The highest BCUT2D eigenvalue weighted by molar-refractivity contribution is 6.09. The number of pyridine rings is 1. The lowest BCUT2D eigenvalue weighted by Gasteiger charge is -2.40. The van der Waals surface area contributed by atoms with E-state index >= 15 is 0 Å². The largest absolute Gasteiger partial charge is 0.333 e. The summed E-state index contributed by atoms with van der Waals surface area (Å²) in [5.41, 5.74) is 15.6. The summed E-state index contributed by atoms with van der Waals surface area (Å²) in [6.45, 7) is 0. The fraction of sp³-hybridized carbons (Fsp3) is 0.0943.